The van der Waals surface area contributed by atoms with Crippen LogP contribution in [0, 0.1) is 10.1 Å². The molecular weight excluding hydrogens is 363 g/mol. The molecule has 1 atom stereocenters. The zero-order valence-electron chi connectivity index (χ0n) is 13.3. The van der Waals surface area contributed by atoms with Crippen LogP contribution in [0.2, 0.25) is 5.02 Å². The number of rotatable bonds is 6. The van der Waals surface area contributed by atoms with Crippen molar-refractivity contribution in [1.82, 2.24) is 4.90 Å². The summed E-state index contributed by atoms with van der Waals surface area (Å²) in [6.07, 6.45) is -3.29. The van der Waals surface area contributed by atoms with E-state index in [0.29, 0.717) is 11.8 Å². The fourth-order valence-corrected chi connectivity index (χ4v) is 2.57. The Morgan fingerprint density at radius 1 is 1.40 bits per heavy atom. The monoisotopic (exact) mass is 377 g/mol. The molecule has 0 aliphatic carbocycles. The van der Waals surface area contributed by atoms with E-state index in [1.165, 1.54) is 6.26 Å². The summed E-state index contributed by atoms with van der Waals surface area (Å²) >= 11 is 5.66. The smallest absolute Gasteiger partial charge is 0.418 e. The highest BCUT2D eigenvalue weighted by atomic mass is 35.5. The van der Waals surface area contributed by atoms with Crippen molar-refractivity contribution in [3.05, 3.63) is 57.0 Å². The van der Waals surface area contributed by atoms with Crippen molar-refractivity contribution in [2.45, 2.75) is 12.2 Å². The van der Waals surface area contributed by atoms with Crippen LogP contribution in [0.1, 0.15) is 17.4 Å². The highest BCUT2D eigenvalue weighted by Gasteiger charge is 2.36. The fraction of sp³-hybridized carbons (Fsp3) is 0.333. The molecule has 0 saturated carbocycles. The Morgan fingerprint density at radius 3 is 2.56 bits per heavy atom. The molecule has 0 spiro atoms. The van der Waals surface area contributed by atoms with E-state index in [-0.39, 0.29) is 18.3 Å². The van der Waals surface area contributed by atoms with Crippen LogP contribution in [0.5, 0.6) is 0 Å². The van der Waals surface area contributed by atoms with Crippen LogP contribution in [0.4, 0.5) is 24.5 Å². The zero-order chi connectivity index (χ0) is 18.8. The van der Waals surface area contributed by atoms with Gasteiger partial charge in [0.25, 0.3) is 5.69 Å². The summed E-state index contributed by atoms with van der Waals surface area (Å²) in [6, 6.07) is 4.50. The Hall–Kier alpha value is -2.26. The number of furan rings is 1. The predicted octanol–water partition coefficient (Wildman–Crippen LogP) is 4.57. The van der Waals surface area contributed by atoms with Crippen molar-refractivity contribution in [3.63, 3.8) is 0 Å². The second-order valence-electron chi connectivity index (χ2n) is 5.48. The lowest BCUT2D eigenvalue weighted by atomic mass is 10.1. The summed E-state index contributed by atoms with van der Waals surface area (Å²) in [5, 5.41) is 13.3. The van der Waals surface area contributed by atoms with Gasteiger partial charge in [0, 0.05) is 12.6 Å². The van der Waals surface area contributed by atoms with Crippen LogP contribution in [-0.2, 0) is 6.18 Å². The molecule has 136 valence electrons. The first kappa shape index (κ1) is 19.1. The molecule has 1 aromatic heterocycles. The molecule has 1 unspecified atom stereocenters. The number of halogens is 4. The second-order valence-corrected chi connectivity index (χ2v) is 5.89. The molecule has 25 heavy (non-hydrogen) atoms. The third kappa shape index (κ3) is 4.43. The average Bonchev–Trinajstić information content (AvgIpc) is 2.99. The van der Waals surface area contributed by atoms with Gasteiger partial charge in [0.05, 0.1) is 27.8 Å². The summed E-state index contributed by atoms with van der Waals surface area (Å²) in [5.74, 6) is 0.609. The standard InChI is InChI=1S/C15H15ClF3N3O3/c1-21(2)13(14-4-3-5-25-14)8-20-11-7-10(16)9(15(17,18)19)6-12(11)22(23)24/h3-7,13,20H,8H2,1-2H3. The third-order valence-corrected chi connectivity index (χ3v) is 3.88. The molecular formula is C15H15ClF3N3O3. The van der Waals surface area contributed by atoms with Gasteiger partial charge in [-0.3, -0.25) is 15.0 Å². The SMILES string of the molecule is CN(C)C(CNc1cc(Cl)c(C(F)(F)F)cc1[N+](=O)[O-])c1ccco1. The Bertz CT molecular complexity index is 748. The zero-order valence-corrected chi connectivity index (χ0v) is 14.1. The van der Waals surface area contributed by atoms with E-state index in [9.17, 15) is 23.3 Å². The van der Waals surface area contributed by atoms with Gasteiger partial charge in [-0.05, 0) is 32.3 Å². The van der Waals surface area contributed by atoms with Crippen molar-refractivity contribution >= 4 is 23.0 Å². The summed E-state index contributed by atoms with van der Waals surface area (Å²) in [5.41, 5.74) is -2.04. The first-order valence-electron chi connectivity index (χ1n) is 7.10. The molecule has 0 aliphatic rings. The third-order valence-electron chi connectivity index (χ3n) is 3.57. The van der Waals surface area contributed by atoms with Gasteiger partial charge in [-0.2, -0.15) is 13.2 Å². The van der Waals surface area contributed by atoms with E-state index in [2.05, 4.69) is 5.32 Å². The minimum atomic E-state index is -4.78. The van der Waals surface area contributed by atoms with Gasteiger partial charge in [-0.1, -0.05) is 11.6 Å². The van der Waals surface area contributed by atoms with E-state index in [1.807, 2.05) is 4.90 Å². The van der Waals surface area contributed by atoms with Crippen LogP contribution in [0.15, 0.2) is 34.9 Å². The van der Waals surface area contributed by atoms with Crippen molar-refractivity contribution in [2.75, 3.05) is 26.0 Å². The molecule has 0 fully saturated rings. The number of alkyl halides is 3. The van der Waals surface area contributed by atoms with Crippen LogP contribution < -0.4 is 5.32 Å². The van der Waals surface area contributed by atoms with E-state index in [1.54, 1.807) is 26.2 Å². The summed E-state index contributed by atoms with van der Waals surface area (Å²) < 4.78 is 44.0. The lowest BCUT2D eigenvalue weighted by molar-refractivity contribution is -0.384. The van der Waals surface area contributed by atoms with Crippen molar-refractivity contribution < 1.29 is 22.5 Å². The number of anilines is 1. The van der Waals surface area contributed by atoms with Gasteiger partial charge in [0.1, 0.15) is 11.4 Å². The van der Waals surface area contributed by atoms with Crippen LogP contribution in [-0.4, -0.2) is 30.5 Å². The van der Waals surface area contributed by atoms with Gasteiger partial charge in [-0.25, -0.2) is 0 Å². The number of likely N-dealkylation sites (N-methyl/N-ethyl adjacent to an activating group) is 1. The Labute approximate surface area is 146 Å². The Balaban J connectivity index is 2.32. The molecule has 6 nitrogen and oxygen atoms in total. The van der Waals surface area contributed by atoms with E-state index in [4.69, 9.17) is 16.0 Å². The van der Waals surface area contributed by atoms with E-state index >= 15 is 0 Å². The lowest BCUT2D eigenvalue weighted by Crippen LogP contribution is -2.26. The first-order valence-corrected chi connectivity index (χ1v) is 7.48. The number of hydrogen-bond donors (Lipinski definition) is 1. The minimum Gasteiger partial charge on any atom is -0.468 e. The number of nitrogens with zero attached hydrogens (tertiary/aromatic N) is 2. The lowest BCUT2D eigenvalue weighted by Gasteiger charge is -2.23. The largest absolute Gasteiger partial charge is 0.468 e. The maximum atomic E-state index is 12.9. The average molecular weight is 378 g/mol. The van der Waals surface area contributed by atoms with Crippen molar-refractivity contribution in [1.29, 1.82) is 0 Å². The Kier molecular flexibility index (Phi) is 5.58. The van der Waals surface area contributed by atoms with Crippen molar-refractivity contribution in [2.24, 2.45) is 0 Å². The minimum absolute atomic E-state index is 0.0959. The number of benzene rings is 1. The maximum absolute atomic E-state index is 12.9. The molecule has 1 heterocycles. The number of nitro benzene ring substituents is 1. The molecule has 1 aromatic carbocycles. The van der Waals surface area contributed by atoms with Crippen LogP contribution in [0.3, 0.4) is 0 Å². The van der Waals surface area contributed by atoms with Gasteiger partial charge >= 0.3 is 6.18 Å². The van der Waals surface area contributed by atoms with Crippen LogP contribution in [0.25, 0.3) is 0 Å². The molecule has 0 radical (unpaired) electrons. The second kappa shape index (κ2) is 7.32. The van der Waals surface area contributed by atoms with Gasteiger partial charge < -0.3 is 9.73 Å². The van der Waals surface area contributed by atoms with E-state index in [0.717, 1.165) is 6.07 Å². The number of nitrogens with one attached hydrogen (secondary N) is 1. The first-order chi connectivity index (χ1) is 11.6. The Morgan fingerprint density at radius 2 is 2.08 bits per heavy atom. The van der Waals surface area contributed by atoms with Gasteiger partial charge in [-0.15, -0.1) is 0 Å². The van der Waals surface area contributed by atoms with Gasteiger partial charge in [0.2, 0.25) is 0 Å². The quantitative estimate of drug-likeness (QED) is 0.589. The highest BCUT2D eigenvalue weighted by Crippen LogP contribution is 2.40. The highest BCUT2D eigenvalue weighted by molar-refractivity contribution is 6.31. The summed E-state index contributed by atoms with van der Waals surface area (Å²) in [7, 11) is 3.56. The van der Waals surface area contributed by atoms with Gasteiger partial charge in [0.15, 0.2) is 0 Å². The predicted molar refractivity (Wildman–Crippen MR) is 86.7 cm³/mol. The number of nitro groups is 1. The molecule has 1 N–H and O–H groups in total. The topological polar surface area (TPSA) is 71.5 Å². The molecule has 0 bridgehead atoms. The summed E-state index contributed by atoms with van der Waals surface area (Å²) in [6.45, 7) is 0.170. The van der Waals surface area contributed by atoms with Crippen LogP contribution >= 0.6 is 11.6 Å². The maximum Gasteiger partial charge on any atom is 0.418 e. The molecule has 0 aliphatic heterocycles. The normalized spacial score (nSPS) is 13.1. The summed E-state index contributed by atoms with van der Waals surface area (Å²) in [4.78, 5) is 12.1. The molecule has 0 amide bonds. The van der Waals surface area contributed by atoms with E-state index < -0.39 is 27.4 Å². The number of hydrogen-bond acceptors (Lipinski definition) is 5. The molecule has 0 saturated heterocycles. The molecule has 2 rings (SSSR count). The van der Waals surface area contributed by atoms with Crippen molar-refractivity contribution in [3.8, 4) is 0 Å². The molecule has 2 aromatic rings. The fourth-order valence-electron chi connectivity index (χ4n) is 2.30. The molecule has 10 heteroatoms.